The van der Waals surface area contributed by atoms with Gasteiger partial charge < -0.3 is 25.0 Å². The molecule has 226 valence electrons. The third kappa shape index (κ3) is 8.25. The largest absolute Gasteiger partial charge is 0.477 e. The molecule has 2 aliphatic heterocycles. The maximum absolute atomic E-state index is 15.1. The molecular weight excluding hydrogens is 561 g/mol. The van der Waals surface area contributed by atoms with Crippen LogP contribution in [0.25, 0.3) is 11.1 Å². The lowest BCUT2D eigenvalue weighted by atomic mass is 9.91. The second kappa shape index (κ2) is 13.7. The van der Waals surface area contributed by atoms with Crippen LogP contribution in [0.3, 0.4) is 0 Å². The minimum absolute atomic E-state index is 0. The van der Waals surface area contributed by atoms with Gasteiger partial charge in [-0.3, -0.25) is 4.79 Å². The SMILES string of the molecule is CC(C)OC(=O)N1CCC(COc2ccc(-c3ccc([C@H](C)[C@H](N)C(=O)N4CCC(F)(F)C4)c(F)c3)cn2)CC1.Cl. The summed E-state index contributed by atoms with van der Waals surface area (Å²) in [7, 11) is 0. The first kappa shape index (κ1) is 32.5. The molecular formula is C29H38ClF3N4O4. The van der Waals surface area contributed by atoms with E-state index in [2.05, 4.69) is 4.98 Å². The number of piperidine rings is 1. The maximum Gasteiger partial charge on any atom is 0.410 e. The van der Waals surface area contributed by atoms with Gasteiger partial charge in [0.2, 0.25) is 11.8 Å². The molecule has 3 heterocycles. The van der Waals surface area contributed by atoms with Crippen molar-refractivity contribution in [3.05, 3.63) is 47.9 Å². The normalized spacial score (nSPS) is 18.5. The summed E-state index contributed by atoms with van der Waals surface area (Å²) in [5.74, 6) is -4.00. The van der Waals surface area contributed by atoms with Crippen LogP contribution in [0.5, 0.6) is 5.88 Å². The molecule has 0 radical (unpaired) electrons. The van der Waals surface area contributed by atoms with Crippen molar-refractivity contribution in [3.63, 3.8) is 0 Å². The number of hydrogen-bond donors (Lipinski definition) is 1. The molecule has 2 N–H and O–H groups in total. The Morgan fingerprint density at radius 1 is 1.07 bits per heavy atom. The van der Waals surface area contributed by atoms with Gasteiger partial charge in [0.05, 0.1) is 25.3 Å². The van der Waals surface area contributed by atoms with Crippen LogP contribution in [0.4, 0.5) is 18.0 Å². The number of carbonyl (C=O) groups is 2. The first-order chi connectivity index (χ1) is 18.9. The Morgan fingerprint density at radius 3 is 2.32 bits per heavy atom. The second-order valence-electron chi connectivity index (χ2n) is 11.0. The number of alkyl halides is 2. The number of nitrogens with zero attached hydrogens (tertiary/aromatic N) is 3. The average molecular weight is 599 g/mol. The summed E-state index contributed by atoms with van der Waals surface area (Å²) < 4.78 is 53.2. The fourth-order valence-electron chi connectivity index (χ4n) is 5.02. The van der Waals surface area contributed by atoms with Crippen molar-refractivity contribution in [2.75, 3.05) is 32.8 Å². The number of nitrogens with two attached hydrogens (primary N) is 1. The lowest BCUT2D eigenvalue weighted by molar-refractivity contribution is -0.133. The molecule has 12 heteroatoms. The quantitative estimate of drug-likeness (QED) is 0.446. The van der Waals surface area contributed by atoms with E-state index < -0.39 is 42.6 Å². The number of aromatic nitrogens is 1. The number of rotatable bonds is 8. The van der Waals surface area contributed by atoms with Gasteiger partial charge in [-0.25, -0.2) is 22.9 Å². The van der Waals surface area contributed by atoms with Crippen molar-refractivity contribution in [2.45, 2.75) is 64.0 Å². The molecule has 0 saturated carbocycles. The van der Waals surface area contributed by atoms with Crippen LogP contribution < -0.4 is 10.5 Å². The smallest absolute Gasteiger partial charge is 0.410 e. The minimum atomic E-state index is -2.91. The van der Waals surface area contributed by atoms with Gasteiger partial charge in [-0.1, -0.05) is 19.1 Å². The lowest BCUT2D eigenvalue weighted by Gasteiger charge is -2.31. The van der Waals surface area contributed by atoms with E-state index in [4.69, 9.17) is 15.2 Å². The van der Waals surface area contributed by atoms with Crippen LogP contribution in [0.1, 0.15) is 51.5 Å². The monoisotopic (exact) mass is 598 g/mol. The zero-order valence-corrected chi connectivity index (χ0v) is 24.3. The van der Waals surface area contributed by atoms with E-state index in [9.17, 15) is 18.4 Å². The number of halogens is 4. The molecule has 2 atom stereocenters. The third-order valence-electron chi connectivity index (χ3n) is 7.54. The predicted octanol–water partition coefficient (Wildman–Crippen LogP) is 5.24. The molecule has 2 saturated heterocycles. The summed E-state index contributed by atoms with van der Waals surface area (Å²) >= 11 is 0. The van der Waals surface area contributed by atoms with E-state index in [1.807, 2.05) is 13.8 Å². The van der Waals surface area contributed by atoms with Gasteiger partial charge in [-0.05, 0) is 55.9 Å². The van der Waals surface area contributed by atoms with Crippen LogP contribution in [-0.2, 0) is 9.53 Å². The molecule has 8 nitrogen and oxygen atoms in total. The topological polar surface area (TPSA) is 98.0 Å². The Hall–Kier alpha value is -3.05. The summed E-state index contributed by atoms with van der Waals surface area (Å²) in [5.41, 5.74) is 7.58. The Balaban J connectivity index is 0.00000462. The number of pyridine rings is 1. The fourth-order valence-corrected chi connectivity index (χ4v) is 5.02. The van der Waals surface area contributed by atoms with E-state index in [1.54, 1.807) is 42.3 Å². The molecule has 4 rings (SSSR count). The van der Waals surface area contributed by atoms with Crippen LogP contribution >= 0.6 is 12.4 Å². The maximum atomic E-state index is 15.1. The van der Waals surface area contributed by atoms with Gasteiger partial charge in [-0.15, -0.1) is 12.4 Å². The Labute approximate surface area is 244 Å². The molecule has 0 bridgehead atoms. The number of amides is 2. The minimum Gasteiger partial charge on any atom is -0.477 e. The van der Waals surface area contributed by atoms with E-state index in [1.165, 1.54) is 6.07 Å². The van der Waals surface area contributed by atoms with Gasteiger partial charge in [0.15, 0.2) is 0 Å². The van der Waals surface area contributed by atoms with E-state index >= 15 is 4.39 Å². The number of benzene rings is 1. The zero-order chi connectivity index (χ0) is 29.0. The van der Waals surface area contributed by atoms with Crippen molar-refractivity contribution < 1.29 is 32.2 Å². The van der Waals surface area contributed by atoms with E-state index in [0.29, 0.717) is 42.6 Å². The van der Waals surface area contributed by atoms with Crippen LogP contribution in [0.15, 0.2) is 36.5 Å². The van der Waals surface area contributed by atoms with Crippen molar-refractivity contribution in [1.29, 1.82) is 0 Å². The molecule has 1 aromatic heterocycles. The van der Waals surface area contributed by atoms with Crippen molar-refractivity contribution in [1.82, 2.24) is 14.8 Å². The van der Waals surface area contributed by atoms with E-state index in [0.717, 1.165) is 17.7 Å². The first-order valence-corrected chi connectivity index (χ1v) is 13.7. The highest BCUT2D eigenvalue weighted by Crippen LogP contribution is 2.31. The lowest BCUT2D eigenvalue weighted by Crippen LogP contribution is -2.46. The van der Waals surface area contributed by atoms with Gasteiger partial charge in [0.25, 0.3) is 5.92 Å². The van der Waals surface area contributed by atoms with Gasteiger partial charge in [-0.2, -0.15) is 0 Å². The summed E-state index contributed by atoms with van der Waals surface area (Å²) in [6.45, 7) is 6.28. The predicted molar refractivity (Wildman–Crippen MR) is 151 cm³/mol. The van der Waals surface area contributed by atoms with Crippen LogP contribution in [-0.4, -0.2) is 77.6 Å². The molecule has 1 aromatic carbocycles. The molecule has 2 aliphatic rings. The second-order valence-corrected chi connectivity index (χ2v) is 11.0. The summed E-state index contributed by atoms with van der Waals surface area (Å²) in [4.78, 5) is 31.8. The third-order valence-corrected chi connectivity index (χ3v) is 7.54. The van der Waals surface area contributed by atoms with Crippen LogP contribution in [0, 0.1) is 11.7 Å². The van der Waals surface area contributed by atoms with Gasteiger partial charge >= 0.3 is 6.09 Å². The van der Waals surface area contributed by atoms with Gasteiger partial charge in [0, 0.05) is 49.8 Å². The first-order valence-electron chi connectivity index (χ1n) is 13.7. The Bertz CT molecular complexity index is 1190. The summed E-state index contributed by atoms with van der Waals surface area (Å²) in [5, 5.41) is 0. The average Bonchev–Trinajstić information content (AvgIpc) is 3.30. The van der Waals surface area contributed by atoms with Gasteiger partial charge in [0.1, 0.15) is 5.82 Å². The molecule has 0 unspecified atom stereocenters. The van der Waals surface area contributed by atoms with Crippen LogP contribution in [0.2, 0.25) is 0 Å². The summed E-state index contributed by atoms with van der Waals surface area (Å²) in [6.07, 6.45) is 2.41. The van der Waals surface area contributed by atoms with E-state index in [-0.39, 0.29) is 36.7 Å². The zero-order valence-electron chi connectivity index (χ0n) is 23.5. The number of likely N-dealkylation sites (tertiary alicyclic amines) is 2. The molecule has 2 aromatic rings. The molecule has 0 spiro atoms. The number of ether oxygens (including phenoxy) is 2. The summed E-state index contributed by atoms with van der Waals surface area (Å²) in [6, 6.07) is 7.00. The van der Waals surface area contributed by atoms with Crippen molar-refractivity contribution in [2.24, 2.45) is 11.7 Å². The Kier molecular flexibility index (Phi) is 10.9. The highest BCUT2D eigenvalue weighted by atomic mass is 35.5. The molecule has 0 aliphatic carbocycles. The number of carbonyl (C=O) groups excluding carboxylic acids is 2. The van der Waals surface area contributed by atoms with Crippen molar-refractivity contribution >= 4 is 24.4 Å². The molecule has 2 amide bonds. The fraction of sp³-hybridized carbons (Fsp3) is 0.552. The highest BCUT2D eigenvalue weighted by Gasteiger charge is 2.42. The number of hydrogen-bond acceptors (Lipinski definition) is 6. The molecule has 41 heavy (non-hydrogen) atoms. The van der Waals surface area contributed by atoms with Crippen molar-refractivity contribution in [3.8, 4) is 17.0 Å². The Morgan fingerprint density at radius 2 is 1.76 bits per heavy atom. The standard InChI is InChI=1S/C29H37F3N4O4.ClH/c1-18(2)40-28(38)35-11-8-20(9-12-35)16-39-25-7-5-22(15-34-25)21-4-6-23(24(30)14-21)19(3)26(33)27(37)36-13-10-29(31,32)17-36;/h4-7,14-15,18-20,26H,8-13,16-17,33H2,1-3H3;1H/t19-,26-;/m0./s1. The highest BCUT2D eigenvalue weighted by molar-refractivity contribution is 5.85. The molecule has 2 fully saturated rings.